The largest absolute Gasteiger partial charge is 0.311 e. The number of para-hydroxylation sites is 1. The predicted molar refractivity (Wildman–Crippen MR) is 193 cm³/mol. The second kappa shape index (κ2) is 11.2. The number of hydrogen-bond acceptors (Lipinski definition) is 5. The van der Waals surface area contributed by atoms with E-state index in [0.717, 1.165) is 83.2 Å². The molecule has 0 aliphatic carbocycles. The van der Waals surface area contributed by atoms with Crippen LogP contribution in [0.2, 0.25) is 0 Å². The van der Waals surface area contributed by atoms with Crippen LogP contribution in [0.1, 0.15) is 0 Å². The Balaban J connectivity index is 1.08. The second-order valence-electron chi connectivity index (χ2n) is 11.6. The Hall–Kier alpha value is -6.46. The topological polar surface area (TPSA) is 54.8 Å². The summed E-state index contributed by atoms with van der Waals surface area (Å²) in [5.74, 6) is 0. The number of anilines is 3. The number of nitrogens with zero attached hydrogens (tertiary/aromatic N) is 5. The molecule has 0 radical (unpaired) electrons. The van der Waals surface area contributed by atoms with E-state index >= 15 is 0 Å². The van der Waals surface area contributed by atoms with E-state index in [0.29, 0.717) is 0 Å². The lowest BCUT2D eigenvalue weighted by Crippen LogP contribution is -2.09. The quantitative estimate of drug-likeness (QED) is 0.184. The summed E-state index contributed by atoms with van der Waals surface area (Å²) in [6.45, 7) is 0. The van der Waals surface area contributed by atoms with Crippen LogP contribution in [0.5, 0.6) is 0 Å². The fourth-order valence-electron chi connectivity index (χ4n) is 6.36. The molecule has 0 N–H and O–H groups in total. The molecule has 220 valence electrons. The van der Waals surface area contributed by atoms with Crippen LogP contribution >= 0.6 is 0 Å². The number of fused-ring (bicyclic) bond motifs is 6. The molecule has 4 heterocycles. The van der Waals surface area contributed by atoms with E-state index in [1.54, 1.807) is 0 Å². The Labute approximate surface area is 271 Å². The summed E-state index contributed by atoms with van der Waals surface area (Å²) >= 11 is 0. The highest BCUT2D eigenvalue weighted by atomic mass is 15.1. The summed E-state index contributed by atoms with van der Waals surface area (Å²) in [6, 6.07) is 52.6. The van der Waals surface area contributed by atoms with Crippen molar-refractivity contribution in [3.63, 3.8) is 0 Å². The van der Waals surface area contributed by atoms with E-state index in [9.17, 15) is 0 Å². The SMILES string of the molecule is c1ccc(N(c2ccc(-c3ccc4ccc5cccnc5c4n3)cc2)c2ccc(-c3ccc4ccc5cccnc5c4n3)cc2)cc1. The minimum absolute atomic E-state index is 0.918. The molecule has 0 bridgehead atoms. The normalized spacial score (nSPS) is 11.4. The summed E-state index contributed by atoms with van der Waals surface area (Å²) in [5, 5.41) is 4.34. The summed E-state index contributed by atoms with van der Waals surface area (Å²) < 4.78 is 0. The first-order valence-corrected chi connectivity index (χ1v) is 15.6. The summed E-state index contributed by atoms with van der Waals surface area (Å²) in [6.07, 6.45) is 3.65. The smallest absolute Gasteiger partial charge is 0.0972 e. The van der Waals surface area contributed by atoms with Crippen molar-refractivity contribution in [1.82, 2.24) is 19.9 Å². The van der Waals surface area contributed by atoms with Crippen LogP contribution in [-0.4, -0.2) is 19.9 Å². The standard InChI is InChI=1S/C42H27N5/c1-2-8-34(9-3-1)47(35-20-14-28(15-21-35)37-24-18-32-12-10-30-6-4-26-43-39(30)41(32)45-37)36-22-16-29(17-23-36)38-25-19-33-13-11-31-7-5-27-44-40(31)42(33)46-38/h1-27H. The molecule has 0 aliphatic heterocycles. The van der Waals surface area contributed by atoms with E-state index in [2.05, 4.69) is 148 Å². The van der Waals surface area contributed by atoms with Crippen LogP contribution in [0.15, 0.2) is 164 Å². The van der Waals surface area contributed by atoms with Crippen molar-refractivity contribution in [1.29, 1.82) is 0 Å². The van der Waals surface area contributed by atoms with Gasteiger partial charge in [0.05, 0.1) is 33.5 Å². The van der Waals surface area contributed by atoms with Gasteiger partial charge in [-0.05, 0) is 60.7 Å². The second-order valence-corrected chi connectivity index (χ2v) is 11.6. The van der Waals surface area contributed by atoms with Crippen LogP contribution in [0.4, 0.5) is 17.1 Å². The van der Waals surface area contributed by atoms with Gasteiger partial charge in [-0.15, -0.1) is 0 Å². The Bertz CT molecular complexity index is 2400. The Morgan fingerprint density at radius 3 is 1.19 bits per heavy atom. The first kappa shape index (κ1) is 26.9. The number of aromatic nitrogens is 4. The van der Waals surface area contributed by atoms with Crippen LogP contribution in [0, 0.1) is 0 Å². The van der Waals surface area contributed by atoms with Crippen LogP contribution in [0.25, 0.3) is 66.1 Å². The highest BCUT2D eigenvalue weighted by Crippen LogP contribution is 2.37. The first-order chi connectivity index (χ1) is 23.3. The lowest BCUT2D eigenvalue weighted by atomic mass is 10.1. The zero-order chi connectivity index (χ0) is 31.2. The monoisotopic (exact) mass is 601 g/mol. The van der Waals surface area contributed by atoms with Gasteiger partial charge >= 0.3 is 0 Å². The third-order valence-electron chi connectivity index (χ3n) is 8.72. The first-order valence-electron chi connectivity index (χ1n) is 15.6. The molecule has 4 aromatic heterocycles. The highest BCUT2D eigenvalue weighted by molar-refractivity contribution is 6.04. The fraction of sp³-hybridized carbons (Fsp3) is 0. The summed E-state index contributed by atoms with van der Waals surface area (Å²) in [5.41, 5.74) is 10.8. The number of pyridine rings is 4. The molecule has 0 saturated heterocycles. The molecular weight excluding hydrogens is 574 g/mol. The predicted octanol–water partition coefficient (Wildman–Crippen LogP) is 10.7. The zero-order valence-electron chi connectivity index (χ0n) is 25.3. The van der Waals surface area contributed by atoms with Crippen molar-refractivity contribution in [2.75, 3.05) is 4.90 Å². The van der Waals surface area contributed by atoms with Gasteiger partial charge in [-0.25, -0.2) is 9.97 Å². The van der Waals surface area contributed by atoms with Gasteiger partial charge in [0, 0.05) is 62.1 Å². The molecule has 0 atom stereocenters. The van der Waals surface area contributed by atoms with Crippen molar-refractivity contribution in [3.8, 4) is 22.5 Å². The van der Waals surface area contributed by atoms with Crippen LogP contribution < -0.4 is 4.90 Å². The molecule has 9 aromatic rings. The maximum absolute atomic E-state index is 5.05. The van der Waals surface area contributed by atoms with Crippen LogP contribution in [0.3, 0.4) is 0 Å². The van der Waals surface area contributed by atoms with Crippen molar-refractivity contribution in [2.45, 2.75) is 0 Å². The maximum atomic E-state index is 5.05. The summed E-state index contributed by atoms with van der Waals surface area (Å²) in [7, 11) is 0. The molecule has 47 heavy (non-hydrogen) atoms. The molecular formula is C42H27N5. The van der Waals surface area contributed by atoms with Gasteiger partial charge in [-0.3, -0.25) is 9.97 Å². The molecule has 5 heteroatoms. The van der Waals surface area contributed by atoms with Crippen molar-refractivity contribution in [2.24, 2.45) is 0 Å². The lowest BCUT2D eigenvalue weighted by molar-refractivity contribution is 1.28. The number of hydrogen-bond donors (Lipinski definition) is 0. The molecule has 5 nitrogen and oxygen atoms in total. The van der Waals surface area contributed by atoms with Gasteiger partial charge in [0.15, 0.2) is 0 Å². The van der Waals surface area contributed by atoms with Crippen molar-refractivity contribution in [3.05, 3.63) is 164 Å². The molecule has 0 unspecified atom stereocenters. The zero-order valence-corrected chi connectivity index (χ0v) is 25.3. The van der Waals surface area contributed by atoms with E-state index in [4.69, 9.17) is 9.97 Å². The highest BCUT2D eigenvalue weighted by Gasteiger charge is 2.14. The van der Waals surface area contributed by atoms with Crippen molar-refractivity contribution < 1.29 is 0 Å². The molecule has 0 amide bonds. The third kappa shape index (κ3) is 4.82. The van der Waals surface area contributed by atoms with Gasteiger partial charge in [0.25, 0.3) is 0 Å². The average molecular weight is 602 g/mol. The average Bonchev–Trinajstić information content (AvgIpc) is 3.15. The van der Waals surface area contributed by atoms with E-state index < -0.39 is 0 Å². The van der Waals surface area contributed by atoms with Gasteiger partial charge in [-0.1, -0.05) is 91.0 Å². The maximum Gasteiger partial charge on any atom is 0.0972 e. The van der Waals surface area contributed by atoms with Gasteiger partial charge in [-0.2, -0.15) is 0 Å². The van der Waals surface area contributed by atoms with Crippen LogP contribution in [-0.2, 0) is 0 Å². The minimum atomic E-state index is 0.918. The molecule has 0 fully saturated rings. The Morgan fingerprint density at radius 2 is 0.723 bits per heavy atom. The molecule has 5 aromatic carbocycles. The number of benzene rings is 5. The van der Waals surface area contributed by atoms with E-state index in [-0.39, 0.29) is 0 Å². The van der Waals surface area contributed by atoms with Crippen molar-refractivity contribution >= 4 is 60.7 Å². The Morgan fingerprint density at radius 1 is 0.319 bits per heavy atom. The van der Waals surface area contributed by atoms with Gasteiger partial charge < -0.3 is 4.90 Å². The molecule has 0 spiro atoms. The molecule has 0 aliphatic rings. The molecule has 0 saturated carbocycles. The Kier molecular flexibility index (Phi) is 6.39. The minimum Gasteiger partial charge on any atom is -0.311 e. The summed E-state index contributed by atoms with van der Waals surface area (Å²) in [4.78, 5) is 21.6. The van der Waals surface area contributed by atoms with E-state index in [1.165, 1.54) is 0 Å². The molecule has 9 rings (SSSR count). The third-order valence-corrected chi connectivity index (χ3v) is 8.72. The van der Waals surface area contributed by atoms with E-state index in [1.807, 2.05) is 30.6 Å². The van der Waals surface area contributed by atoms with Gasteiger partial charge in [0.1, 0.15) is 0 Å². The van der Waals surface area contributed by atoms with Gasteiger partial charge in [0.2, 0.25) is 0 Å². The fourth-order valence-corrected chi connectivity index (χ4v) is 6.36. The number of rotatable bonds is 5. The lowest BCUT2D eigenvalue weighted by Gasteiger charge is -2.26.